The lowest BCUT2D eigenvalue weighted by Crippen LogP contribution is -2.40. The highest BCUT2D eigenvalue weighted by molar-refractivity contribution is 7.15. The second kappa shape index (κ2) is 14.4. The van der Waals surface area contributed by atoms with Crippen LogP contribution in [0.5, 0.6) is 0 Å². The van der Waals surface area contributed by atoms with Crippen molar-refractivity contribution in [3.8, 4) is 0 Å². The number of aliphatic imine (C=N–C) groups is 1. The van der Waals surface area contributed by atoms with E-state index in [0.29, 0.717) is 68.6 Å². The molecule has 2 aromatic rings. The number of carbonyl (C=O) groups excluding carboxylic acids is 2. The molecule has 37 heavy (non-hydrogen) atoms. The number of nitrogens with zero attached hydrogens (tertiary/aromatic N) is 3. The summed E-state index contributed by atoms with van der Waals surface area (Å²) >= 11 is 1.46. The number of benzene rings is 1. The van der Waals surface area contributed by atoms with Crippen LogP contribution in [0.2, 0.25) is 0 Å². The van der Waals surface area contributed by atoms with Crippen LogP contribution in [0.25, 0.3) is 6.08 Å². The Hall–Kier alpha value is -3.31. The van der Waals surface area contributed by atoms with Crippen LogP contribution in [0.4, 0.5) is 11.4 Å². The van der Waals surface area contributed by atoms with Crippen molar-refractivity contribution in [2.24, 2.45) is 10.7 Å². The minimum Gasteiger partial charge on any atom is -0.378 e. The highest BCUT2D eigenvalue weighted by Gasteiger charge is 2.21. The molecular formula is C27H36N6O3S. The van der Waals surface area contributed by atoms with E-state index in [-0.39, 0.29) is 11.8 Å². The van der Waals surface area contributed by atoms with Crippen LogP contribution in [0.3, 0.4) is 0 Å². The summed E-state index contributed by atoms with van der Waals surface area (Å²) in [5.41, 5.74) is 8.36. The van der Waals surface area contributed by atoms with E-state index < -0.39 is 0 Å². The summed E-state index contributed by atoms with van der Waals surface area (Å²) < 4.78 is 5.33. The third kappa shape index (κ3) is 9.25. The van der Waals surface area contributed by atoms with E-state index in [4.69, 9.17) is 10.5 Å². The van der Waals surface area contributed by atoms with E-state index in [1.54, 1.807) is 6.21 Å². The maximum atomic E-state index is 12.8. The lowest BCUT2D eigenvalue weighted by molar-refractivity contribution is -0.116. The van der Waals surface area contributed by atoms with E-state index in [1.807, 2.05) is 66.4 Å². The van der Waals surface area contributed by atoms with Gasteiger partial charge in [0.2, 0.25) is 5.91 Å². The van der Waals surface area contributed by atoms with E-state index in [2.05, 4.69) is 22.2 Å². The minimum absolute atomic E-state index is 0.0313. The molecule has 3 rings (SSSR count). The average molecular weight is 525 g/mol. The number of hydrogen-bond acceptors (Lipinski definition) is 8. The molecule has 4 N–H and O–H groups in total. The van der Waals surface area contributed by atoms with Crippen LogP contribution >= 0.6 is 11.3 Å². The van der Waals surface area contributed by atoms with Gasteiger partial charge in [-0.15, -0.1) is 11.3 Å². The predicted octanol–water partition coefficient (Wildman–Crippen LogP) is 3.63. The van der Waals surface area contributed by atoms with E-state index in [9.17, 15) is 9.59 Å². The zero-order valence-electron chi connectivity index (χ0n) is 21.5. The van der Waals surface area contributed by atoms with Gasteiger partial charge in [-0.2, -0.15) is 0 Å². The van der Waals surface area contributed by atoms with Crippen molar-refractivity contribution in [2.75, 3.05) is 57.6 Å². The second-order valence-electron chi connectivity index (χ2n) is 8.81. The van der Waals surface area contributed by atoms with E-state index in [1.165, 1.54) is 11.3 Å². The molecule has 1 aliphatic heterocycles. The Kier molecular flexibility index (Phi) is 11.0. The molecule has 0 radical (unpaired) electrons. The highest BCUT2D eigenvalue weighted by atomic mass is 32.1. The maximum Gasteiger partial charge on any atom is 0.264 e. The lowest BCUT2D eigenvalue weighted by atomic mass is 10.2. The summed E-state index contributed by atoms with van der Waals surface area (Å²) in [7, 11) is 3.87. The number of morpholine rings is 1. The van der Waals surface area contributed by atoms with Gasteiger partial charge in [0, 0.05) is 61.5 Å². The molecule has 0 spiro atoms. The molecule has 0 unspecified atom stereocenters. The summed E-state index contributed by atoms with van der Waals surface area (Å²) in [6, 6.07) is 9.32. The first-order chi connectivity index (χ1) is 17.9. The number of nitrogens with two attached hydrogens (primary N) is 1. The third-order valence-corrected chi connectivity index (χ3v) is 6.68. The number of thiophene rings is 1. The lowest BCUT2D eigenvalue weighted by Gasteiger charge is -2.26. The fraction of sp³-hybridized carbons (Fsp3) is 0.370. The third-order valence-electron chi connectivity index (χ3n) is 5.55. The molecule has 0 bridgehead atoms. The van der Waals surface area contributed by atoms with Gasteiger partial charge in [0.05, 0.1) is 18.1 Å². The first-order valence-corrected chi connectivity index (χ1v) is 13.1. The summed E-state index contributed by atoms with van der Waals surface area (Å²) in [5, 5.41) is 6.04. The van der Waals surface area contributed by atoms with Crippen molar-refractivity contribution in [2.45, 2.75) is 19.4 Å². The summed E-state index contributed by atoms with van der Waals surface area (Å²) in [6.45, 7) is 7.39. The zero-order valence-corrected chi connectivity index (χ0v) is 22.4. The molecule has 2 amide bonds. The normalized spacial score (nSPS) is 14.0. The smallest absolute Gasteiger partial charge is 0.264 e. The van der Waals surface area contributed by atoms with Crippen molar-refractivity contribution in [3.63, 3.8) is 0 Å². The van der Waals surface area contributed by atoms with Crippen molar-refractivity contribution < 1.29 is 14.3 Å². The SMILES string of the molecule is C=C(N=CC/C=C\c1sc(C(=O)N2CCOCC2)cc1CN)Nc1cccc(NC(=O)CCN(C)C)c1. The van der Waals surface area contributed by atoms with E-state index >= 15 is 0 Å². The van der Waals surface area contributed by atoms with Gasteiger partial charge >= 0.3 is 0 Å². The second-order valence-corrected chi connectivity index (χ2v) is 9.90. The van der Waals surface area contributed by atoms with Gasteiger partial charge in [-0.05, 0) is 50.0 Å². The molecule has 1 aliphatic rings. The molecule has 0 atom stereocenters. The van der Waals surface area contributed by atoms with Crippen LogP contribution in [0, 0.1) is 0 Å². The standard InChI is InChI=1S/C27H36N6O3S/c1-20(30-22-7-6-8-23(18-22)31-26(34)10-12-32(2)3)29-11-5-4-9-24-21(19-28)17-25(37-24)27(35)33-13-15-36-16-14-33/h4,6-9,11,17-18,30H,1,5,10,12-16,19,28H2,2-3H3,(H,31,34)/b9-4-,29-11?. The molecule has 198 valence electrons. The summed E-state index contributed by atoms with van der Waals surface area (Å²) in [6.07, 6.45) is 6.74. The molecule has 9 nitrogen and oxygen atoms in total. The largest absolute Gasteiger partial charge is 0.378 e. The van der Waals surface area contributed by atoms with Gasteiger partial charge < -0.3 is 30.9 Å². The molecule has 10 heteroatoms. The molecule has 0 aliphatic carbocycles. The quantitative estimate of drug-likeness (QED) is 0.366. The van der Waals surface area contributed by atoms with Crippen LogP contribution in [0.15, 0.2) is 53.8 Å². The number of anilines is 2. The zero-order chi connectivity index (χ0) is 26.6. The Labute approximate surface area is 222 Å². The Morgan fingerprint density at radius 2 is 1.95 bits per heavy atom. The van der Waals surface area contributed by atoms with Crippen LogP contribution in [-0.2, 0) is 16.1 Å². The number of hydrogen-bond donors (Lipinski definition) is 3. The van der Waals surface area contributed by atoms with Gasteiger partial charge in [-0.3, -0.25) is 9.59 Å². The predicted molar refractivity (Wildman–Crippen MR) is 152 cm³/mol. The van der Waals surface area contributed by atoms with Gasteiger partial charge in [0.15, 0.2) is 0 Å². The summed E-state index contributed by atoms with van der Waals surface area (Å²) in [5.74, 6) is 0.487. The van der Waals surface area contributed by atoms with Gasteiger partial charge in [-0.25, -0.2) is 4.99 Å². The monoisotopic (exact) mass is 524 g/mol. The molecule has 1 saturated heterocycles. The number of carbonyl (C=O) groups is 2. The van der Waals surface area contributed by atoms with Gasteiger partial charge in [-0.1, -0.05) is 18.7 Å². The Bertz CT molecular complexity index is 1130. The maximum absolute atomic E-state index is 12.8. The van der Waals surface area contributed by atoms with Crippen molar-refractivity contribution in [3.05, 3.63) is 64.1 Å². The Morgan fingerprint density at radius 1 is 1.22 bits per heavy atom. The number of ether oxygens (including phenoxy) is 1. The van der Waals surface area contributed by atoms with Crippen molar-refractivity contribution >= 4 is 46.8 Å². The molecule has 0 saturated carbocycles. The molecule has 1 fully saturated rings. The van der Waals surface area contributed by atoms with Crippen LogP contribution < -0.4 is 16.4 Å². The Morgan fingerprint density at radius 3 is 2.65 bits per heavy atom. The molecule has 1 aromatic carbocycles. The first kappa shape index (κ1) is 28.3. The van der Waals surface area contributed by atoms with Crippen molar-refractivity contribution in [1.82, 2.24) is 9.80 Å². The first-order valence-electron chi connectivity index (χ1n) is 12.2. The van der Waals surface area contributed by atoms with Gasteiger partial charge in [0.1, 0.15) is 5.82 Å². The average Bonchev–Trinajstić information content (AvgIpc) is 3.30. The number of allylic oxidation sites excluding steroid dienone is 1. The fourth-order valence-corrected chi connectivity index (χ4v) is 4.68. The fourth-order valence-electron chi connectivity index (χ4n) is 3.59. The van der Waals surface area contributed by atoms with Crippen molar-refractivity contribution in [1.29, 1.82) is 0 Å². The van der Waals surface area contributed by atoms with Crippen LogP contribution in [0.1, 0.15) is 33.0 Å². The van der Waals surface area contributed by atoms with Gasteiger partial charge in [0.25, 0.3) is 5.91 Å². The Balaban J connectivity index is 1.49. The molecular weight excluding hydrogens is 488 g/mol. The van der Waals surface area contributed by atoms with Crippen LogP contribution in [-0.4, -0.2) is 74.8 Å². The minimum atomic E-state index is -0.0319. The number of rotatable bonds is 12. The summed E-state index contributed by atoms with van der Waals surface area (Å²) in [4.78, 5) is 34.7. The van der Waals surface area contributed by atoms with E-state index in [0.717, 1.165) is 16.1 Å². The molecule has 1 aromatic heterocycles. The topological polar surface area (TPSA) is 112 Å². The molecule has 2 heterocycles. The number of nitrogens with one attached hydrogen (secondary N) is 2. The highest BCUT2D eigenvalue weighted by Crippen LogP contribution is 2.25. The number of amides is 2.